The van der Waals surface area contributed by atoms with E-state index in [-0.39, 0.29) is 17.6 Å². The van der Waals surface area contributed by atoms with Gasteiger partial charge in [-0.05, 0) is 42.7 Å². The molecule has 1 rings (SSSR count). The summed E-state index contributed by atoms with van der Waals surface area (Å²) in [5.41, 5.74) is 2.35. The van der Waals surface area contributed by atoms with Gasteiger partial charge in [0.05, 0.1) is 0 Å². The van der Waals surface area contributed by atoms with E-state index in [1.165, 1.54) is 24.3 Å². The summed E-state index contributed by atoms with van der Waals surface area (Å²) in [6.07, 6.45) is 6.50. The Morgan fingerprint density at radius 1 is 1.22 bits per heavy atom. The highest BCUT2D eigenvalue weighted by molar-refractivity contribution is 5.41. The molecule has 1 unspecified atom stereocenters. The molecule has 0 heterocycles. The van der Waals surface area contributed by atoms with Crippen LogP contribution in [0.15, 0.2) is 72.7 Å². The number of allylic oxidation sites excluding steroid dienone is 5. The minimum Gasteiger partial charge on any atom is -0.388 e. The third-order valence-electron chi connectivity index (χ3n) is 3.54. The van der Waals surface area contributed by atoms with Crippen molar-refractivity contribution in [3.05, 3.63) is 84.1 Å². The molecular weight excluding hydrogens is 292 g/mol. The van der Waals surface area contributed by atoms with Gasteiger partial charge in [0, 0.05) is 18.2 Å². The summed E-state index contributed by atoms with van der Waals surface area (Å²) in [7, 11) is 0. The van der Waals surface area contributed by atoms with E-state index in [4.69, 9.17) is 0 Å². The zero-order valence-corrected chi connectivity index (χ0v) is 13.9. The summed E-state index contributed by atoms with van der Waals surface area (Å²) in [6.45, 7) is 12.7. The Bertz CT molecular complexity index is 582. The zero-order valence-electron chi connectivity index (χ0n) is 13.9. The van der Waals surface area contributed by atoms with Crippen molar-refractivity contribution >= 4 is 0 Å². The number of hydrogen-bond donors (Lipinski definition) is 1. The van der Waals surface area contributed by atoms with Crippen molar-refractivity contribution in [3.8, 4) is 0 Å². The number of nitrogens with one attached hydrogen (secondary N) is 1. The summed E-state index contributed by atoms with van der Waals surface area (Å²) in [6, 6.07) is 6.23. The molecule has 1 nitrogen and oxygen atoms in total. The first kappa shape index (κ1) is 18.9. The Hall–Kier alpha value is -2.16. The first-order chi connectivity index (χ1) is 11.0. The molecule has 1 N–H and O–H groups in total. The molecule has 0 spiro atoms. The molecule has 3 heteroatoms. The molecule has 0 saturated carbocycles. The molecule has 0 radical (unpaired) electrons. The van der Waals surface area contributed by atoms with Gasteiger partial charge in [-0.15, -0.1) is 0 Å². The number of hydrogen-bond acceptors (Lipinski definition) is 1. The van der Waals surface area contributed by atoms with Crippen molar-refractivity contribution in [1.29, 1.82) is 0 Å². The molecule has 0 fully saturated rings. The average Bonchev–Trinajstić information content (AvgIpc) is 2.55. The lowest BCUT2D eigenvalue weighted by molar-refractivity contribution is 0.625. The van der Waals surface area contributed by atoms with Crippen LogP contribution < -0.4 is 5.32 Å². The Balaban J connectivity index is 3.00. The molecule has 23 heavy (non-hydrogen) atoms. The van der Waals surface area contributed by atoms with Crippen LogP contribution in [0.25, 0.3) is 0 Å². The molecule has 0 aliphatic carbocycles. The SMILES string of the molecule is C=C(/C=C\C(F)=C/C)C(C(=C)NCCCC)c1ccc(F)cc1. The highest BCUT2D eigenvalue weighted by Crippen LogP contribution is 2.30. The van der Waals surface area contributed by atoms with Crippen molar-refractivity contribution < 1.29 is 8.78 Å². The summed E-state index contributed by atoms with van der Waals surface area (Å²) < 4.78 is 26.5. The van der Waals surface area contributed by atoms with Gasteiger partial charge < -0.3 is 5.32 Å². The molecule has 0 aromatic heterocycles. The van der Waals surface area contributed by atoms with E-state index < -0.39 is 0 Å². The quantitative estimate of drug-likeness (QED) is 0.448. The van der Waals surface area contributed by atoms with Crippen molar-refractivity contribution in [3.63, 3.8) is 0 Å². The van der Waals surface area contributed by atoms with Crippen LogP contribution in [0.5, 0.6) is 0 Å². The highest BCUT2D eigenvalue weighted by atomic mass is 19.1. The van der Waals surface area contributed by atoms with Crippen LogP contribution >= 0.6 is 0 Å². The Morgan fingerprint density at radius 3 is 2.43 bits per heavy atom. The molecule has 1 aromatic rings. The van der Waals surface area contributed by atoms with Gasteiger partial charge in [0.2, 0.25) is 0 Å². The van der Waals surface area contributed by atoms with E-state index >= 15 is 0 Å². The second-order valence-corrected chi connectivity index (χ2v) is 5.37. The Kier molecular flexibility index (Phi) is 8.03. The van der Waals surface area contributed by atoms with Crippen molar-refractivity contribution in [2.24, 2.45) is 0 Å². The third kappa shape index (κ3) is 6.23. The predicted molar refractivity (Wildman–Crippen MR) is 94.3 cm³/mol. The van der Waals surface area contributed by atoms with Crippen LogP contribution in [0.4, 0.5) is 8.78 Å². The van der Waals surface area contributed by atoms with Gasteiger partial charge in [0.1, 0.15) is 11.6 Å². The lowest BCUT2D eigenvalue weighted by Gasteiger charge is -2.22. The van der Waals surface area contributed by atoms with Gasteiger partial charge in [0.25, 0.3) is 0 Å². The van der Waals surface area contributed by atoms with Gasteiger partial charge in [-0.25, -0.2) is 8.78 Å². The Morgan fingerprint density at radius 2 is 1.87 bits per heavy atom. The maximum atomic E-state index is 13.3. The summed E-state index contributed by atoms with van der Waals surface area (Å²) in [5, 5.41) is 3.29. The largest absolute Gasteiger partial charge is 0.388 e. The van der Waals surface area contributed by atoms with Crippen LogP contribution in [-0.2, 0) is 0 Å². The normalized spacial score (nSPS) is 13.1. The zero-order chi connectivity index (χ0) is 17.2. The molecule has 0 aliphatic heterocycles. The topological polar surface area (TPSA) is 12.0 Å². The second-order valence-electron chi connectivity index (χ2n) is 5.37. The molecule has 1 aromatic carbocycles. The van der Waals surface area contributed by atoms with E-state index in [2.05, 4.69) is 25.4 Å². The fraction of sp³-hybridized carbons (Fsp3) is 0.300. The van der Waals surface area contributed by atoms with Crippen LogP contribution in [0.2, 0.25) is 0 Å². The molecule has 0 aliphatic rings. The van der Waals surface area contributed by atoms with E-state index in [1.807, 2.05) is 0 Å². The number of benzene rings is 1. The van der Waals surface area contributed by atoms with E-state index in [0.717, 1.165) is 30.6 Å². The maximum Gasteiger partial charge on any atom is 0.123 e. The van der Waals surface area contributed by atoms with Gasteiger partial charge in [-0.2, -0.15) is 0 Å². The van der Waals surface area contributed by atoms with Crippen molar-refractivity contribution in [2.75, 3.05) is 6.54 Å². The molecule has 0 saturated heterocycles. The second kappa shape index (κ2) is 9.78. The molecule has 124 valence electrons. The van der Waals surface area contributed by atoms with Gasteiger partial charge in [-0.1, -0.05) is 50.8 Å². The van der Waals surface area contributed by atoms with Gasteiger partial charge >= 0.3 is 0 Å². The van der Waals surface area contributed by atoms with Gasteiger partial charge in [0.15, 0.2) is 0 Å². The summed E-state index contributed by atoms with van der Waals surface area (Å²) in [5.74, 6) is -0.847. The minimum atomic E-state index is -0.325. The lowest BCUT2D eigenvalue weighted by Crippen LogP contribution is -2.20. The lowest BCUT2D eigenvalue weighted by atomic mass is 9.89. The number of rotatable bonds is 9. The van der Waals surface area contributed by atoms with E-state index in [1.54, 1.807) is 25.1 Å². The number of unbranched alkanes of at least 4 members (excludes halogenated alkanes) is 1. The molecule has 1 atom stereocenters. The minimum absolute atomic E-state index is 0.228. The first-order valence-corrected chi connectivity index (χ1v) is 7.86. The van der Waals surface area contributed by atoms with Crippen molar-refractivity contribution in [2.45, 2.75) is 32.6 Å². The van der Waals surface area contributed by atoms with Crippen LogP contribution in [0.1, 0.15) is 38.2 Å². The summed E-state index contributed by atoms with van der Waals surface area (Å²) >= 11 is 0. The summed E-state index contributed by atoms with van der Waals surface area (Å²) in [4.78, 5) is 0. The van der Waals surface area contributed by atoms with Gasteiger partial charge in [-0.3, -0.25) is 0 Å². The highest BCUT2D eigenvalue weighted by Gasteiger charge is 2.17. The molecule has 0 amide bonds. The Labute approximate surface area is 138 Å². The maximum absolute atomic E-state index is 13.3. The average molecular weight is 317 g/mol. The molecular formula is C20H25F2N. The number of halogens is 2. The monoisotopic (exact) mass is 317 g/mol. The fourth-order valence-electron chi connectivity index (χ4n) is 2.20. The standard InChI is InChI=1S/C20H25F2N/c1-5-7-14-23-16(4)20(15(3)8-11-18(21)6-2)17-9-12-19(22)13-10-17/h6,8-13,20,23H,3-5,7,14H2,1-2H3/b11-8-,18-6+. The van der Waals surface area contributed by atoms with Crippen LogP contribution in [0.3, 0.4) is 0 Å². The van der Waals surface area contributed by atoms with Crippen LogP contribution in [-0.4, -0.2) is 6.54 Å². The molecule has 0 bridgehead atoms. The van der Waals surface area contributed by atoms with E-state index in [0.29, 0.717) is 5.57 Å². The van der Waals surface area contributed by atoms with Crippen LogP contribution in [0, 0.1) is 5.82 Å². The first-order valence-electron chi connectivity index (χ1n) is 7.86. The van der Waals surface area contributed by atoms with Crippen molar-refractivity contribution in [1.82, 2.24) is 5.32 Å². The third-order valence-corrected chi connectivity index (χ3v) is 3.54. The smallest absolute Gasteiger partial charge is 0.123 e. The fourth-order valence-corrected chi connectivity index (χ4v) is 2.20. The van der Waals surface area contributed by atoms with E-state index in [9.17, 15) is 8.78 Å². The predicted octanol–water partition coefficient (Wildman–Crippen LogP) is 5.80.